The topological polar surface area (TPSA) is 70.7 Å². The number of hydrogen-bond donors (Lipinski definition) is 2. The Morgan fingerprint density at radius 3 is 3.23 bits per heavy atom. The molecule has 0 atom stereocenters. The summed E-state index contributed by atoms with van der Waals surface area (Å²) in [4.78, 5) is 22.0. The van der Waals surface area contributed by atoms with Crippen LogP contribution in [0.25, 0.3) is 6.08 Å². The molecular weight excluding hydrogens is 302 g/mol. The first-order valence-electron chi connectivity index (χ1n) is 7.22. The predicted molar refractivity (Wildman–Crippen MR) is 88.0 cm³/mol. The zero-order chi connectivity index (χ0) is 15.4. The fourth-order valence-corrected chi connectivity index (χ4v) is 3.23. The molecule has 0 saturated carbocycles. The van der Waals surface area contributed by atoms with Crippen LogP contribution in [0.15, 0.2) is 18.2 Å². The van der Waals surface area contributed by atoms with E-state index >= 15 is 0 Å². The predicted octanol–water partition coefficient (Wildman–Crippen LogP) is 2.97. The number of benzene rings is 1. The van der Waals surface area contributed by atoms with Gasteiger partial charge < -0.3 is 19.6 Å². The zero-order valence-electron chi connectivity index (χ0n) is 12.0. The summed E-state index contributed by atoms with van der Waals surface area (Å²) < 4.78 is 10.7. The molecule has 0 radical (unpaired) electrons. The van der Waals surface area contributed by atoms with E-state index in [0.29, 0.717) is 18.7 Å². The molecule has 7 heteroatoms. The number of rotatable bonds is 6. The second-order valence-corrected chi connectivity index (χ2v) is 5.87. The largest absolute Gasteiger partial charge is 0.412 e. The highest BCUT2D eigenvalue weighted by atomic mass is 32.2. The summed E-state index contributed by atoms with van der Waals surface area (Å²) in [5, 5.41) is 2.69. The average Bonchev–Trinajstić information content (AvgIpc) is 2.92. The van der Waals surface area contributed by atoms with Crippen molar-refractivity contribution in [3.63, 3.8) is 0 Å². The van der Waals surface area contributed by atoms with Crippen LogP contribution in [0.1, 0.15) is 24.8 Å². The summed E-state index contributed by atoms with van der Waals surface area (Å²) in [7, 11) is 0. The van der Waals surface area contributed by atoms with E-state index in [1.165, 1.54) is 12.1 Å². The van der Waals surface area contributed by atoms with E-state index in [-0.39, 0.29) is 0 Å². The van der Waals surface area contributed by atoms with Crippen molar-refractivity contribution in [1.82, 2.24) is 5.32 Å². The Kier molecular flexibility index (Phi) is 4.53. The highest BCUT2D eigenvalue weighted by molar-refractivity contribution is 8.02. The number of anilines is 2. The summed E-state index contributed by atoms with van der Waals surface area (Å²) >= 11 is 1.53. The molecule has 0 bridgehead atoms. The molecule has 3 rings (SSSR count). The first-order valence-corrected chi connectivity index (χ1v) is 7.99. The summed E-state index contributed by atoms with van der Waals surface area (Å²) in [6, 6.07) is 3.69. The maximum atomic E-state index is 11.8. The molecule has 2 aliphatic rings. The summed E-state index contributed by atoms with van der Waals surface area (Å²) in [6.07, 6.45) is 6.58. The van der Waals surface area contributed by atoms with Gasteiger partial charge in [-0.2, -0.15) is 0 Å². The molecule has 0 aromatic heterocycles. The minimum atomic E-state index is -0.472. The third kappa shape index (κ3) is 3.19. The van der Waals surface area contributed by atoms with Gasteiger partial charge in [-0.25, -0.2) is 4.79 Å². The zero-order valence-corrected chi connectivity index (χ0v) is 12.8. The van der Waals surface area contributed by atoms with Crippen LogP contribution in [-0.4, -0.2) is 25.5 Å². The van der Waals surface area contributed by atoms with Crippen LogP contribution in [0.2, 0.25) is 0 Å². The van der Waals surface area contributed by atoms with E-state index in [0.717, 1.165) is 42.6 Å². The van der Waals surface area contributed by atoms with Crippen molar-refractivity contribution in [2.75, 3.05) is 22.1 Å². The van der Waals surface area contributed by atoms with Gasteiger partial charge in [0.05, 0.1) is 23.5 Å². The average molecular weight is 319 g/mol. The van der Waals surface area contributed by atoms with E-state index < -0.39 is 6.09 Å². The summed E-state index contributed by atoms with van der Waals surface area (Å²) in [5.41, 5.74) is 3.13. The molecule has 0 spiro atoms. The Balaban J connectivity index is 1.59. The Hall–Kier alpha value is -2.15. The molecule has 2 N–H and O–H groups in total. The molecule has 1 aromatic carbocycles. The highest BCUT2D eigenvalue weighted by Crippen LogP contribution is 2.46. The molecule has 2 aliphatic heterocycles. The fraction of sp³-hybridized carbons (Fsp3) is 0.333. The van der Waals surface area contributed by atoms with Gasteiger partial charge in [-0.3, -0.25) is 4.31 Å². The van der Waals surface area contributed by atoms with Crippen LogP contribution in [-0.2, 0) is 4.79 Å². The lowest BCUT2D eigenvalue weighted by molar-refractivity contribution is -0.107. The van der Waals surface area contributed by atoms with E-state index in [9.17, 15) is 9.59 Å². The van der Waals surface area contributed by atoms with Crippen molar-refractivity contribution in [2.45, 2.75) is 19.3 Å². The molecular formula is C15H17N3O3S. The van der Waals surface area contributed by atoms with Gasteiger partial charge in [0.1, 0.15) is 12.0 Å². The van der Waals surface area contributed by atoms with Gasteiger partial charge in [-0.1, -0.05) is 12.2 Å². The number of amides is 1. The Labute approximate surface area is 133 Å². The van der Waals surface area contributed by atoms with Crippen molar-refractivity contribution in [2.24, 2.45) is 0 Å². The molecule has 0 aliphatic carbocycles. The van der Waals surface area contributed by atoms with Crippen LogP contribution >= 0.6 is 12.1 Å². The second-order valence-electron chi connectivity index (χ2n) is 5.04. The number of nitrogens with one attached hydrogen (secondary N) is 2. The second kappa shape index (κ2) is 6.74. The quantitative estimate of drug-likeness (QED) is 0.477. The standard InChI is InChI=1S/C15H17N3O3S/c19-8-3-1-2-6-16-15(20)21-12-9-11-5-4-7-18-14(11)13(10-12)17-22-18/h4-5,8-10,17H,1-3,6-7H2,(H,16,20). The molecule has 116 valence electrons. The molecule has 1 aromatic rings. The van der Waals surface area contributed by atoms with Crippen molar-refractivity contribution in [3.05, 3.63) is 23.8 Å². The van der Waals surface area contributed by atoms with Crippen molar-refractivity contribution in [3.8, 4) is 5.75 Å². The maximum Gasteiger partial charge on any atom is 0.412 e. The van der Waals surface area contributed by atoms with Gasteiger partial charge >= 0.3 is 6.09 Å². The lowest BCUT2D eigenvalue weighted by Crippen LogP contribution is -2.27. The highest BCUT2D eigenvalue weighted by Gasteiger charge is 2.25. The lowest BCUT2D eigenvalue weighted by atomic mass is 10.1. The smallest absolute Gasteiger partial charge is 0.410 e. The van der Waals surface area contributed by atoms with Crippen LogP contribution in [0.3, 0.4) is 0 Å². The Bertz CT molecular complexity index is 618. The number of carbonyl (C=O) groups is 2. The molecule has 2 heterocycles. The van der Waals surface area contributed by atoms with E-state index in [4.69, 9.17) is 4.74 Å². The van der Waals surface area contributed by atoms with Crippen LogP contribution in [0.4, 0.5) is 16.2 Å². The van der Waals surface area contributed by atoms with Crippen LogP contribution in [0, 0.1) is 0 Å². The van der Waals surface area contributed by atoms with Crippen LogP contribution in [0.5, 0.6) is 5.75 Å². The number of carbonyl (C=O) groups excluding carboxylic acids is 2. The van der Waals surface area contributed by atoms with Crippen molar-refractivity contribution < 1.29 is 14.3 Å². The lowest BCUT2D eigenvalue weighted by Gasteiger charge is -2.20. The normalized spacial score (nSPS) is 14.3. The number of unbranched alkanes of at least 4 members (excludes halogenated alkanes) is 2. The molecule has 0 unspecified atom stereocenters. The van der Waals surface area contributed by atoms with Gasteiger partial charge in [0.2, 0.25) is 0 Å². The Morgan fingerprint density at radius 2 is 2.36 bits per heavy atom. The third-order valence-corrected chi connectivity index (χ3v) is 4.29. The monoisotopic (exact) mass is 319 g/mol. The number of ether oxygens (including phenoxy) is 1. The van der Waals surface area contributed by atoms with Gasteiger partial charge in [0.25, 0.3) is 0 Å². The molecule has 6 nitrogen and oxygen atoms in total. The maximum absolute atomic E-state index is 11.8. The number of nitrogens with zero attached hydrogens (tertiary/aromatic N) is 1. The fourth-order valence-electron chi connectivity index (χ4n) is 2.41. The van der Waals surface area contributed by atoms with Gasteiger partial charge in [-0.15, -0.1) is 0 Å². The molecule has 0 fully saturated rings. The van der Waals surface area contributed by atoms with E-state index in [1.807, 2.05) is 18.2 Å². The number of aldehydes is 1. The summed E-state index contributed by atoms with van der Waals surface area (Å²) in [5.74, 6) is 0.514. The number of hydrogen-bond acceptors (Lipinski definition) is 6. The van der Waals surface area contributed by atoms with E-state index in [1.54, 1.807) is 0 Å². The first-order chi connectivity index (χ1) is 10.8. The minimum absolute atomic E-state index is 0.472. The van der Waals surface area contributed by atoms with Gasteiger partial charge in [0, 0.05) is 31.1 Å². The third-order valence-electron chi connectivity index (χ3n) is 3.43. The van der Waals surface area contributed by atoms with E-state index in [2.05, 4.69) is 20.4 Å². The molecule has 1 amide bonds. The van der Waals surface area contributed by atoms with Crippen molar-refractivity contribution >= 4 is 42.0 Å². The van der Waals surface area contributed by atoms with Crippen LogP contribution < -0.4 is 19.1 Å². The Morgan fingerprint density at radius 1 is 1.45 bits per heavy atom. The molecule has 0 saturated heterocycles. The SMILES string of the molecule is O=CCCCCNC(=O)Oc1cc2c3c(c1)NSN3CC=C2. The minimum Gasteiger partial charge on any atom is -0.410 e. The summed E-state index contributed by atoms with van der Waals surface area (Å²) in [6.45, 7) is 1.37. The van der Waals surface area contributed by atoms with Gasteiger partial charge in [-0.05, 0) is 18.9 Å². The van der Waals surface area contributed by atoms with Crippen molar-refractivity contribution in [1.29, 1.82) is 0 Å². The first kappa shape index (κ1) is 14.8. The molecule has 22 heavy (non-hydrogen) atoms. The van der Waals surface area contributed by atoms with Gasteiger partial charge in [0.15, 0.2) is 0 Å².